The summed E-state index contributed by atoms with van der Waals surface area (Å²) in [6, 6.07) is 40.2. The van der Waals surface area contributed by atoms with Gasteiger partial charge >= 0.3 is 6.03 Å². The first-order chi connectivity index (χ1) is 20.6. The number of carbonyl (C=O) groups excluding carboxylic acids is 1. The summed E-state index contributed by atoms with van der Waals surface area (Å²) in [6.45, 7) is 0. The van der Waals surface area contributed by atoms with E-state index in [1.807, 2.05) is 72.8 Å². The smallest absolute Gasteiger partial charge is 0.323 e. The Morgan fingerprint density at radius 3 is 1.33 bits per heavy atom. The third-order valence-corrected chi connectivity index (χ3v) is 6.64. The van der Waals surface area contributed by atoms with Crippen molar-refractivity contribution in [1.82, 2.24) is 0 Å². The van der Waals surface area contributed by atoms with Crippen LogP contribution in [0, 0.1) is 22.7 Å². The van der Waals surface area contributed by atoms with Gasteiger partial charge in [-0.05, 0) is 95.7 Å². The second kappa shape index (κ2) is 11.4. The van der Waals surface area contributed by atoms with Crippen LogP contribution in [0.5, 0.6) is 23.0 Å². The van der Waals surface area contributed by atoms with Crippen molar-refractivity contribution in [3.05, 3.63) is 132 Å². The van der Waals surface area contributed by atoms with Crippen LogP contribution in [0.3, 0.4) is 0 Å². The van der Waals surface area contributed by atoms with Gasteiger partial charge in [0.15, 0.2) is 0 Å². The van der Waals surface area contributed by atoms with E-state index in [-0.39, 0.29) is 0 Å². The number of urea groups is 1. The zero-order chi connectivity index (χ0) is 28.9. The number of ether oxygens (including phenoxy) is 2. The van der Waals surface area contributed by atoms with E-state index in [0.29, 0.717) is 45.5 Å². The topological polar surface area (TPSA) is 107 Å². The number of nitrogens with one attached hydrogen (secondary N) is 2. The molecule has 7 nitrogen and oxygen atoms in total. The average Bonchev–Trinajstić information content (AvgIpc) is 3.02. The minimum absolute atomic E-state index is 0.396. The van der Waals surface area contributed by atoms with Gasteiger partial charge in [0, 0.05) is 10.8 Å². The molecular formula is C35H22N4O3. The van der Waals surface area contributed by atoms with Crippen LogP contribution in [0.2, 0.25) is 0 Å². The van der Waals surface area contributed by atoms with E-state index in [4.69, 9.17) is 20.0 Å². The van der Waals surface area contributed by atoms with Gasteiger partial charge < -0.3 is 20.1 Å². The molecule has 0 heterocycles. The van der Waals surface area contributed by atoms with Gasteiger partial charge in [0.25, 0.3) is 0 Å². The Morgan fingerprint density at radius 2 is 0.929 bits per heavy atom. The van der Waals surface area contributed by atoms with E-state index < -0.39 is 6.03 Å². The van der Waals surface area contributed by atoms with Crippen LogP contribution in [0.25, 0.3) is 21.5 Å². The fourth-order valence-corrected chi connectivity index (χ4v) is 4.59. The number of carbonyl (C=O) groups is 1. The van der Waals surface area contributed by atoms with Gasteiger partial charge in [-0.25, -0.2) is 4.79 Å². The Bertz CT molecular complexity index is 1880. The predicted octanol–water partition coefficient (Wildman–Crippen LogP) is 8.96. The maximum atomic E-state index is 13.2. The standard InChI is InChI=1S/C35H22N4O3/c36-21-23-7-13-27(14-8-23)41-29-17-11-25-3-1-5-33(31(25)19-29)38-35(40)39-34-6-2-4-26-12-18-30(20-32(26)34)42-28-15-9-24(22-37)10-16-28/h1-20H,(H2,38,39,40). The first kappa shape index (κ1) is 25.9. The molecule has 0 fully saturated rings. The third-order valence-electron chi connectivity index (χ3n) is 6.64. The molecule has 0 aliphatic carbocycles. The van der Waals surface area contributed by atoms with E-state index in [2.05, 4.69) is 22.8 Å². The molecule has 6 aromatic rings. The predicted molar refractivity (Wildman–Crippen MR) is 163 cm³/mol. The van der Waals surface area contributed by atoms with Crippen molar-refractivity contribution in [1.29, 1.82) is 10.5 Å². The van der Waals surface area contributed by atoms with E-state index in [9.17, 15) is 4.79 Å². The summed E-state index contributed by atoms with van der Waals surface area (Å²) in [5, 5.41) is 27.5. The zero-order valence-corrected chi connectivity index (χ0v) is 22.2. The monoisotopic (exact) mass is 546 g/mol. The number of amides is 2. The molecule has 0 atom stereocenters. The highest BCUT2D eigenvalue weighted by Gasteiger charge is 2.11. The molecule has 0 spiro atoms. The maximum Gasteiger partial charge on any atom is 0.323 e. The Kier molecular flexibility index (Phi) is 7.06. The molecule has 2 N–H and O–H groups in total. The summed E-state index contributed by atoms with van der Waals surface area (Å²) in [5.74, 6) is 2.42. The Hall–Kier alpha value is -6.31. The van der Waals surface area contributed by atoms with Crippen LogP contribution in [0.4, 0.5) is 16.2 Å². The summed E-state index contributed by atoms with van der Waals surface area (Å²) >= 11 is 0. The highest BCUT2D eigenvalue weighted by atomic mass is 16.5. The lowest BCUT2D eigenvalue weighted by atomic mass is 10.1. The molecule has 0 saturated carbocycles. The van der Waals surface area contributed by atoms with E-state index in [0.717, 1.165) is 21.5 Å². The quantitative estimate of drug-likeness (QED) is 0.217. The van der Waals surface area contributed by atoms with Gasteiger partial charge in [-0.1, -0.05) is 36.4 Å². The molecule has 0 bridgehead atoms. The van der Waals surface area contributed by atoms with Gasteiger partial charge in [-0.2, -0.15) is 10.5 Å². The highest BCUT2D eigenvalue weighted by Crippen LogP contribution is 2.32. The first-order valence-electron chi connectivity index (χ1n) is 13.1. The average molecular weight is 547 g/mol. The molecule has 6 rings (SSSR count). The maximum absolute atomic E-state index is 13.2. The number of nitriles is 2. The third kappa shape index (κ3) is 5.67. The van der Waals surface area contributed by atoms with Gasteiger partial charge in [0.05, 0.1) is 34.6 Å². The number of rotatable bonds is 6. The molecule has 0 aromatic heterocycles. The van der Waals surface area contributed by atoms with Crippen molar-refractivity contribution < 1.29 is 14.3 Å². The van der Waals surface area contributed by atoms with E-state index in [1.54, 1.807) is 48.5 Å². The van der Waals surface area contributed by atoms with Crippen molar-refractivity contribution in [2.75, 3.05) is 10.6 Å². The lowest BCUT2D eigenvalue weighted by molar-refractivity contribution is 0.262. The lowest BCUT2D eigenvalue weighted by Gasteiger charge is -2.14. The van der Waals surface area contributed by atoms with Crippen LogP contribution in [0.15, 0.2) is 121 Å². The summed E-state index contributed by atoms with van der Waals surface area (Å²) in [4.78, 5) is 13.2. The molecule has 6 aromatic carbocycles. The fourth-order valence-electron chi connectivity index (χ4n) is 4.59. The van der Waals surface area contributed by atoms with Gasteiger partial charge in [0.2, 0.25) is 0 Å². The van der Waals surface area contributed by atoms with Crippen molar-refractivity contribution in [3.8, 4) is 35.1 Å². The lowest BCUT2D eigenvalue weighted by Crippen LogP contribution is -2.19. The molecule has 7 heteroatoms. The molecule has 0 saturated heterocycles. The Labute approximate surface area is 241 Å². The van der Waals surface area contributed by atoms with Crippen LogP contribution in [-0.4, -0.2) is 6.03 Å². The minimum Gasteiger partial charge on any atom is -0.457 e. The molecule has 0 unspecified atom stereocenters. The van der Waals surface area contributed by atoms with Gasteiger partial charge in [-0.15, -0.1) is 0 Å². The normalized spacial score (nSPS) is 10.4. The second-order valence-electron chi connectivity index (χ2n) is 9.43. The number of fused-ring (bicyclic) bond motifs is 2. The number of hydrogen-bond donors (Lipinski definition) is 2. The SMILES string of the molecule is N#Cc1ccc(Oc2ccc3cccc(NC(=O)Nc4cccc5ccc(Oc6ccc(C#N)cc6)cc45)c3c2)cc1. The second-order valence-corrected chi connectivity index (χ2v) is 9.43. The number of benzene rings is 6. The number of anilines is 2. The molecule has 0 aliphatic rings. The van der Waals surface area contributed by atoms with Crippen molar-refractivity contribution >= 4 is 39.0 Å². The van der Waals surface area contributed by atoms with Crippen LogP contribution in [0.1, 0.15) is 11.1 Å². The fraction of sp³-hybridized carbons (Fsp3) is 0. The van der Waals surface area contributed by atoms with Crippen LogP contribution < -0.4 is 20.1 Å². The van der Waals surface area contributed by atoms with E-state index >= 15 is 0 Å². The molecule has 0 aliphatic heterocycles. The molecule has 2 amide bonds. The summed E-state index contributed by atoms with van der Waals surface area (Å²) < 4.78 is 12.0. The highest BCUT2D eigenvalue weighted by molar-refractivity contribution is 6.09. The Morgan fingerprint density at radius 1 is 0.524 bits per heavy atom. The largest absolute Gasteiger partial charge is 0.457 e. The molecular weight excluding hydrogens is 524 g/mol. The molecule has 42 heavy (non-hydrogen) atoms. The minimum atomic E-state index is -0.396. The van der Waals surface area contributed by atoms with Crippen molar-refractivity contribution in [2.45, 2.75) is 0 Å². The zero-order valence-electron chi connectivity index (χ0n) is 22.2. The summed E-state index contributed by atoms with van der Waals surface area (Å²) in [6.07, 6.45) is 0. The van der Waals surface area contributed by atoms with Crippen LogP contribution in [-0.2, 0) is 0 Å². The summed E-state index contributed by atoms with van der Waals surface area (Å²) in [7, 11) is 0. The van der Waals surface area contributed by atoms with Gasteiger partial charge in [0.1, 0.15) is 23.0 Å². The number of hydrogen-bond acceptors (Lipinski definition) is 5. The molecule has 0 radical (unpaired) electrons. The first-order valence-corrected chi connectivity index (χ1v) is 13.1. The number of nitrogens with zero attached hydrogens (tertiary/aromatic N) is 2. The summed E-state index contributed by atoms with van der Waals surface area (Å²) in [5.41, 5.74) is 2.36. The van der Waals surface area contributed by atoms with E-state index in [1.165, 1.54) is 0 Å². The van der Waals surface area contributed by atoms with Gasteiger partial charge in [-0.3, -0.25) is 0 Å². The Balaban J connectivity index is 1.22. The van der Waals surface area contributed by atoms with Crippen LogP contribution >= 0.6 is 0 Å². The van der Waals surface area contributed by atoms with Crippen molar-refractivity contribution in [3.63, 3.8) is 0 Å². The van der Waals surface area contributed by atoms with Crippen molar-refractivity contribution in [2.24, 2.45) is 0 Å². The molecule has 200 valence electrons.